The standard InChI is InChI=1S/C27H31NO3S/c1-2-3-4-5-6-10-17-25(29)27-26(23-19-18-21-13-11-12-14-22(21)20-23)28(27)32(30,31)24-15-8-7-9-16-24/h7-9,11-16,18-20,26-27H,2-6,10,17H2,1H3/t26-,27+,28?/m0/s1. The van der Waals surface area contributed by atoms with Crippen LogP contribution >= 0.6 is 0 Å². The largest absolute Gasteiger partial charge is 0.298 e. The molecule has 4 rings (SSSR count). The average Bonchev–Trinajstić information content (AvgIpc) is 3.58. The fourth-order valence-corrected chi connectivity index (χ4v) is 6.25. The van der Waals surface area contributed by atoms with Crippen LogP contribution in [0.3, 0.4) is 0 Å². The topological polar surface area (TPSA) is 54.2 Å². The van der Waals surface area contributed by atoms with Gasteiger partial charge in [0.25, 0.3) is 0 Å². The van der Waals surface area contributed by atoms with E-state index in [2.05, 4.69) is 6.92 Å². The van der Waals surface area contributed by atoms with Gasteiger partial charge >= 0.3 is 0 Å². The third-order valence-corrected chi connectivity index (χ3v) is 8.18. The Labute approximate surface area is 191 Å². The molecule has 1 aliphatic rings. The van der Waals surface area contributed by atoms with Crippen LogP contribution < -0.4 is 0 Å². The van der Waals surface area contributed by atoms with Crippen LogP contribution in [-0.4, -0.2) is 24.5 Å². The minimum absolute atomic E-state index is 0.0261. The van der Waals surface area contributed by atoms with E-state index in [1.54, 1.807) is 30.3 Å². The molecule has 0 N–H and O–H groups in total. The predicted molar refractivity (Wildman–Crippen MR) is 129 cm³/mol. The van der Waals surface area contributed by atoms with Crippen molar-refractivity contribution >= 4 is 26.6 Å². The van der Waals surface area contributed by atoms with Gasteiger partial charge in [-0.05, 0) is 41.0 Å². The molecule has 1 unspecified atom stereocenters. The van der Waals surface area contributed by atoms with Crippen LogP contribution in [0.2, 0.25) is 0 Å². The highest BCUT2D eigenvalue weighted by Crippen LogP contribution is 2.49. The molecular formula is C27H31NO3S. The molecule has 0 aromatic heterocycles. The van der Waals surface area contributed by atoms with Gasteiger partial charge in [-0.15, -0.1) is 0 Å². The Morgan fingerprint density at radius 2 is 1.47 bits per heavy atom. The number of ketones is 1. The van der Waals surface area contributed by atoms with E-state index in [4.69, 9.17) is 0 Å². The van der Waals surface area contributed by atoms with Crippen molar-refractivity contribution in [1.29, 1.82) is 0 Å². The molecule has 1 saturated heterocycles. The lowest BCUT2D eigenvalue weighted by Gasteiger charge is -2.07. The molecule has 1 aliphatic heterocycles. The first-order chi connectivity index (χ1) is 15.5. The van der Waals surface area contributed by atoms with Gasteiger partial charge in [0.15, 0.2) is 5.78 Å². The first kappa shape index (κ1) is 22.7. The zero-order chi connectivity index (χ0) is 22.6. The molecule has 0 aliphatic carbocycles. The van der Waals surface area contributed by atoms with Crippen LogP contribution in [0.4, 0.5) is 0 Å². The summed E-state index contributed by atoms with van der Waals surface area (Å²) in [5.41, 5.74) is 0.879. The van der Waals surface area contributed by atoms with E-state index in [1.165, 1.54) is 23.6 Å². The van der Waals surface area contributed by atoms with Crippen molar-refractivity contribution in [1.82, 2.24) is 4.31 Å². The SMILES string of the molecule is CCCCCCCCC(=O)[C@@H]1[C@H](c2ccc3ccccc3c2)N1S(=O)(=O)c1ccccc1. The lowest BCUT2D eigenvalue weighted by Crippen LogP contribution is -2.19. The Kier molecular flexibility index (Phi) is 7.07. The number of fused-ring (bicyclic) bond motifs is 1. The summed E-state index contributed by atoms with van der Waals surface area (Å²) >= 11 is 0. The quantitative estimate of drug-likeness (QED) is 0.256. The number of benzene rings is 3. The molecule has 3 atom stereocenters. The molecule has 0 bridgehead atoms. The van der Waals surface area contributed by atoms with Crippen molar-refractivity contribution < 1.29 is 13.2 Å². The molecule has 5 heteroatoms. The van der Waals surface area contributed by atoms with Gasteiger partial charge in [-0.1, -0.05) is 93.6 Å². The molecule has 1 heterocycles. The molecule has 168 valence electrons. The van der Waals surface area contributed by atoms with E-state index in [0.29, 0.717) is 6.42 Å². The number of carbonyl (C=O) groups excluding carboxylic acids is 1. The second-order valence-electron chi connectivity index (χ2n) is 8.63. The highest BCUT2D eigenvalue weighted by atomic mass is 32.2. The minimum Gasteiger partial charge on any atom is -0.298 e. The summed E-state index contributed by atoms with van der Waals surface area (Å²) in [6.07, 6.45) is 7.02. The van der Waals surface area contributed by atoms with E-state index in [-0.39, 0.29) is 10.7 Å². The normalized spacial score (nSPS) is 20.3. The molecule has 1 fully saturated rings. The lowest BCUT2D eigenvalue weighted by atomic mass is 10.0. The monoisotopic (exact) mass is 449 g/mol. The van der Waals surface area contributed by atoms with Crippen LogP contribution in [-0.2, 0) is 14.8 Å². The summed E-state index contributed by atoms with van der Waals surface area (Å²) in [5.74, 6) is 0.0261. The number of nitrogens with zero attached hydrogens (tertiary/aromatic N) is 1. The van der Waals surface area contributed by atoms with E-state index in [0.717, 1.165) is 35.6 Å². The molecule has 0 spiro atoms. The third kappa shape index (κ3) is 4.79. The fourth-order valence-electron chi connectivity index (χ4n) is 4.49. The van der Waals surface area contributed by atoms with Crippen LogP contribution in [0, 0.1) is 0 Å². The third-order valence-electron chi connectivity index (χ3n) is 6.30. The summed E-state index contributed by atoms with van der Waals surface area (Å²) in [7, 11) is -3.74. The molecule has 3 aromatic carbocycles. The smallest absolute Gasteiger partial charge is 0.244 e. The van der Waals surface area contributed by atoms with E-state index in [1.807, 2.05) is 42.5 Å². The first-order valence-electron chi connectivity index (χ1n) is 11.6. The Morgan fingerprint density at radius 3 is 2.22 bits per heavy atom. The Balaban J connectivity index is 1.56. The molecule has 3 aromatic rings. The van der Waals surface area contributed by atoms with Gasteiger partial charge in [0.1, 0.15) is 6.04 Å². The molecule has 32 heavy (non-hydrogen) atoms. The first-order valence-corrected chi connectivity index (χ1v) is 13.1. The number of unbranched alkanes of at least 4 members (excludes halogenated alkanes) is 5. The number of hydrogen-bond donors (Lipinski definition) is 0. The Morgan fingerprint density at radius 1 is 0.812 bits per heavy atom. The number of carbonyl (C=O) groups is 1. The van der Waals surface area contributed by atoms with Gasteiger partial charge in [-0.25, -0.2) is 8.42 Å². The summed E-state index contributed by atoms with van der Waals surface area (Å²) in [6, 6.07) is 21.4. The van der Waals surface area contributed by atoms with Crippen LogP contribution in [0.15, 0.2) is 77.7 Å². The van der Waals surface area contributed by atoms with Crippen molar-refractivity contribution in [2.24, 2.45) is 0 Å². The minimum atomic E-state index is -3.74. The van der Waals surface area contributed by atoms with Crippen LogP contribution in [0.5, 0.6) is 0 Å². The highest BCUT2D eigenvalue weighted by molar-refractivity contribution is 7.89. The zero-order valence-corrected chi connectivity index (χ0v) is 19.4. The number of Topliss-reactive ketones (excluding diaryl/α,β-unsaturated/α-hetero) is 1. The molecular weight excluding hydrogens is 418 g/mol. The average molecular weight is 450 g/mol. The van der Waals surface area contributed by atoms with Gasteiger partial charge in [0.2, 0.25) is 10.0 Å². The predicted octanol–water partition coefficient (Wildman–Crippen LogP) is 6.27. The Bertz CT molecular complexity index is 1170. The summed E-state index contributed by atoms with van der Waals surface area (Å²) in [4.78, 5) is 13.4. The highest BCUT2D eigenvalue weighted by Gasteiger charge is 2.59. The van der Waals surface area contributed by atoms with E-state index < -0.39 is 22.1 Å². The van der Waals surface area contributed by atoms with Crippen molar-refractivity contribution in [3.63, 3.8) is 0 Å². The molecule has 4 nitrogen and oxygen atoms in total. The second kappa shape index (κ2) is 9.97. The maximum atomic E-state index is 13.4. The van der Waals surface area contributed by atoms with Gasteiger partial charge in [-0.2, -0.15) is 4.31 Å². The van der Waals surface area contributed by atoms with Crippen molar-refractivity contribution in [3.8, 4) is 0 Å². The summed E-state index contributed by atoms with van der Waals surface area (Å²) < 4.78 is 28.2. The number of rotatable bonds is 11. The van der Waals surface area contributed by atoms with Gasteiger partial charge in [0, 0.05) is 6.42 Å². The maximum Gasteiger partial charge on any atom is 0.244 e. The van der Waals surface area contributed by atoms with Crippen LogP contribution in [0.1, 0.15) is 63.5 Å². The second-order valence-corrected chi connectivity index (χ2v) is 10.5. The van der Waals surface area contributed by atoms with Crippen LogP contribution in [0.25, 0.3) is 10.8 Å². The molecule has 0 radical (unpaired) electrons. The number of sulfonamides is 1. The van der Waals surface area contributed by atoms with Gasteiger partial charge < -0.3 is 0 Å². The summed E-state index contributed by atoms with van der Waals surface area (Å²) in [6.45, 7) is 2.19. The summed E-state index contributed by atoms with van der Waals surface area (Å²) in [5, 5.41) is 2.15. The number of hydrogen-bond acceptors (Lipinski definition) is 3. The lowest BCUT2D eigenvalue weighted by molar-refractivity contribution is -0.119. The van der Waals surface area contributed by atoms with Crippen molar-refractivity contribution in [3.05, 3.63) is 78.4 Å². The molecule has 0 amide bonds. The zero-order valence-electron chi connectivity index (χ0n) is 18.6. The van der Waals surface area contributed by atoms with Gasteiger partial charge in [-0.3, -0.25) is 4.79 Å². The maximum absolute atomic E-state index is 13.4. The van der Waals surface area contributed by atoms with E-state index >= 15 is 0 Å². The molecule has 0 saturated carbocycles. The van der Waals surface area contributed by atoms with Crippen molar-refractivity contribution in [2.45, 2.75) is 68.8 Å². The van der Waals surface area contributed by atoms with Gasteiger partial charge in [0.05, 0.1) is 10.9 Å². The van der Waals surface area contributed by atoms with Crippen molar-refractivity contribution in [2.75, 3.05) is 0 Å². The Hall–Kier alpha value is -2.50. The van der Waals surface area contributed by atoms with E-state index in [9.17, 15) is 13.2 Å². The fraction of sp³-hybridized carbons (Fsp3) is 0.370.